The highest BCUT2D eigenvalue weighted by atomic mass is 35.5. The van der Waals surface area contributed by atoms with E-state index in [0.29, 0.717) is 24.5 Å². The van der Waals surface area contributed by atoms with Crippen molar-refractivity contribution < 1.29 is 29.0 Å². The van der Waals surface area contributed by atoms with Crippen LogP contribution in [0.2, 0.25) is 0 Å². The van der Waals surface area contributed by atoms with Gasteiger partial charge in [-0.05, 0) is 30.2 Å². The summed E-state index contributed by atoms with van der Waals surface area (Å²) < 4.78 is 18.9. The highest BCUT2D eigenvalue weighted by Gasteiger charge is 2.42. The van der Waals surface area contributed by atoms with Crippen molar-refractivity contribution in [1.29, 1.82) is 0 Å². The van der Waals surface area contributed by atoms with Gasteiger partial charge in [0.05, 0.1) is 38.9 Å². The topological polar surface area (TPSA) is 71.2 Å². The highest BCUT2D eigenvalue weighted by molar-refractivity contribution is 5.97. The number of fused-ring (bicyclic) bond motifs is 4. The van der Waals surface area contributed by atoms with E-state index in [1.54, 1.807) is 33.5 Å². The quantitative estimate of drug-likeness (QED) is 0.720. The molecule has 0 radical (unpaired) electrons. The molecule has 0 amide bonds. The summed E-state index contributed by atoms with van der Waals surface area (Å²) in [5.41, 5.74) is 4.14. The van der Waals surface area contributed by atoms with E-state index < -0.39 is 0 Å². The molecule has 27 heavy (non-hydrogen) atoms. The first-order valence-electron chi connectivity index (χ1n) is 8.55. The van der Waals surface area contributed by atoms with Crippen molar-refractivity contribution in [2.24, 2.45) is 5.92 Å². The lowest BCUT2D eigenvalue weighted by molar-refractivity contribution is -0.468. The molecular weight excluding hydrogens is 370 g/mol. The molecule has 0 aromatic rings. The van der Waals surface area contributed by atoms with E-state index in [4.69, 9.17) is 14.2 Å². The van der Waals surface area contributed by atoms with Gasteiger partial charge in [0.25, 0.3) is 0 Å². The third-order valence-electron chi connectivity index (χ3n) is 5.24. The van der Waals surface area contributed by atoms with Gasteiger partial charge in [-0.15, -0.1) is 12.4 Å². The molecular formula is C20H23ClNO5+. The lowest BCUT2D eigenvalue weighted by Gasteiger charge is -2.30. The minimum absolute atomic E-state index is 0. The molecule has 4 rings (SSSR count). The fourth-order valence-corrected chi connectivity index (χ4v) is 4.03. The normalized spacial score (nSPS) is 23.7. The SMILES string of the molecule is COC1=C(OC)C(OC)=C2C(=CC[N+]3=C4C=C(O)C(O)=C[C@@H]4CC=C23)C1.Cl. The molecule has 2 heterocycles. The van der Waals surface area contributed by atoms with Crippen LogP contribution in [0.5, 0.6) is 0 Å². The van der Waals surface area contributed by atoms with Gasteiger partial charge in [0.15, 0.2) is 35.3 Å². The Morgan fingerprint density at radius 1 is 1.00 bits per heavy atom. The third kappa shape index (κ3) is 2.84. The van der Waals surface area contributed by atoms with Crippen LogP contribution in [0.3, 0.4) is 0 Å². The second kappa shape index (κ2) is 7.19. The van der Waals surface area contributed by atoms with E-state index in [-0.39, 0.29) is 29.8 Å². The molecule has 0 unspecified atom stereocenters. The maximum atomic E-state index is 9.96. The molecule has 7 heteroatoms. The van der Waals surface area contributed by atoms with Crippen LogP contribution in [0.15, 0.2) is 69.9 Å². The van der Waals surface area contributed by atoms with Crippen molar-refractivity contribution in [2.45, 2.75) is 12.8 Å². The lowest BCUT2D eigenvalue weighted by Crippen LogP contribution is -2.35. The molecule has 1 atom stereocenters. The summed E-state index contributed by atoms with van der Waals surface area (Å²) in [6.45, 7) is 0.686. The van der Waals surface area contributed by atoms with Crippen LogP contribution in [-0.2, 0) is 14.2 Å². The number of rotatable bonds is 3. The van der Waals surface area contributed by atoms with Crippen LogP contribution in [0.1, 0.15) is 12.8 Å². The Morgan fingerprint density at radius 2 is 1.74 bits per heavy atom. The Labute approximate surface area is 164 Å². The lowest BCUT2D eigenvalue weighted by atomic mass is 9.83. The van der Waals surface area contributed by atoms with Gasteiger partial charge >= 0.3 is 0 Å². The maximum Gasteiger partial charge on any atom is 0.213 e. The Balaban J connectivity index is 0.00000210. The van der Waals surface area contributed by atoms with E-state index in [1.807, 2.05) is 0 Å². The molecule has 0 aromatic carbocycles. The summed E-state index contributed by atoms with van der Waals surface area (Å²) >= 11 is 0. The van der Waals surface area contributed by atoms with E-state index in [9.17, 15) is 10.2 Å². The number of hydrogen-bond acceptors (Lipinski definition) is 5. The number of allylic oxidation sites excluding steroid dienone is 5. The molecule has 6 nitrogen and oxygen atoms in total. The van der Waals surface area contributed by atoms with Crippen molar-refractivity contribution in [3.8, 4) is 0 Å². The van der Waals surface area contributed by atoms with Crippen LogP contribution in [-0.4, -0.2) is 48.4 Å². The molecule has 0 saturated carbocycles. The van der Waals surface area contributed by atoms with Crippen molar-refractivity contribution in [1.82, 2.24) is 0 Å². The smallest absolute Gasteiger partial charge is 0.213 e. The number of ether oxygens (including phenoxy) is 3. The molecule has 0 fully saturated rings. The van der Waals surface area contributed by atoms with Crippen LogP contribution >= 0.6 is 12.4 Å². The number of aliphatic hydroxyl groups excluding tert-OH is 2. The van der Waals surface area contributed by atoms with Gasteiger partial charge in [-0.2, -0.15) is 4.58 Å². The van der Waals surface area contributed by atoms with Crippen molar-refractivity contribution in [3.05, 3.63) is 69.9 Å². The standard InChI is InChI=1S/C20H21NO5.ClH/c1-24-17-9-12-6-7-21-13(18(12)20(26-3)19(17)25-2)5-4-11-8-15(22)16(23)10-14(11)21;/h5-6,8,10-11,22H,4,7,9H2,1-3H3;1H/p+1/t11-;/m0./s1. The van der Waals surface area contributed by atoms with Crippen LogP contribution in [0.25, 0.3) is 0 Å². The summed E-state index contributed by atoms with van der Waals surface area (Å²) in [7, 11) is 4.87. The summed E-state index contributed by atoms with van der Waals surface area (Å²) in [5.74, 6) is 1.89. The molecule has 0 aromatic heterocycles. The second-order valence-corrected chi connectivity index (χ2v) is 6.52. The molecule has 4 aliphatic rings. The van der Waals surface area contributed by atoms with Gasteiger partial charge < -0.3 is 24.4 Å². The average Bonchev–Trinajstić information content (AvgIpc) is 2.66. The molecule has 2 aliphatic carbocycles. The Hall–Kier alpha value is -2.60. The fraction of sp³-hybridized carbons (Fsp3) is 0.350. The Bertz CT molecular complexity index is 901. The van der Waals surface area contributed by atoms with Gasteiger partial charge in [0.1, 0.15) is 5.76 Å². The zero-order valence-electron chi connectivity index (χ0n) is 15.5. The zero-order chi connectivity index (χ0) is 18.4. The van der Waals surface area contributed by atoms with Crippen molar-refractivity contribution in [3.63, 3.8) is 0 Å². The van der Waals surface area contributed by atoms with Gasteiger partial charge in [0.2, 0.25) is 5.70 Å². The first kappa shape index (κ1) is 19.2. The minimum atomic E-state index is -0.101. The van der Waals surface area contributed by atoms with E-state index >= 15 is 0 Å². The second-order valence-electron chi connectivity index (χ2n) is 6.52. The zero-order valence-corrected chi connectivity index (χ0v) is 16.3. The van der Waals surface area contributed by atoms with E-state index in [1.165, 1.54) is 0 Å². The number of nitrogens with zero attached hydrogens (tertiary/aromatic N) is 1. The molecule has 0 saturated heterocycles. The third-order valence-corrected chi connectivity index (χ3v) is 5.24. The molecule has 2 aliphatic heterocycles. The van der Waals surface area contributed by atoms with Crippen LogP contribution in [0.4, 0.5) is 0 Å². The highest BCUT2D eigenvalue weighted by Crippen LogP contribution is 2.43. The first-order chi connectivity index (χ1) is 12.6. The number of hydrogen-bond donors (Lipinski definition) is 2. The van der Waals surface area contributed by atoms with Gasteiger partial charge in [0, 0.05) is 6.42 Å². The van der Waals surface area contributed by atoms with Gasteiger partial charge in [-0.3, -0.25) is 0 Å². The number of halogens is 1. The van der Waals surface area contributed by atoms with Crippen LogP contribution in [0, 0.1) is 5.92 Å². The van der Waals surface area contributed by atoms with Crippen molar-refractivity contribution >= 4 is 18.1 Å². The molecule has 0 spiro atoms. The van der Waals surface area contributed by atoms with Gasteiger partial charge in [-0.1, -0.05) is 0 Å². The molecule has 144 valence electrons. The monoisotopic (exact) mass is 392 g/mol. The Morgan fingerprint density at radius 3 is 2.41 bits per heavy atom. The Kier molecular flexibility index (Phi) is 5.11. The maximum absolute atomic E-state index is 9.96. The predicted octanol–water partition coefficient (Wildman–Crippen LogP) is 3.41. The summed E-state index contributed by atoms with van der Waals surface area (Å²) in [6.07, 6.45) is 9.04. The fourth-order valence-electron chi connectivity index (χ4n) is 4.03. The molecule has 2 N–H and O–H groups in total. The molecule has 0 bridgehead atoms. The minimum Gasteiger partial charge on any atom is -0.504 e. The van der Waals surface area contributed by atoms with E-state index in [0.717, 1.165) is 34.7 Å². The summed E-state index contributed by atoms with van der Waals surface area (Å²) in [5, 5.41) is 19.8. The van der Waals surface area contributed by atoms with E-state index in [2.05, 4.69) is 16.7 Å². The number of aliphatic hydroxyl groups is 2. The van der Waals surface area contributed by atoms with Crippen molar-refractivity contribution in [2.75, 3.05) is 27.9 Å². The first-order valence-corrected chi connectivity index (χ1v) is 8.55. The van der Waals surface area contributed by atoms with Gasteiger partial charge in [-0.25, -0.2) is 0 Å². The summed E-state index contributed by atoms with van der Waals surface area (Å²) in [4.78, 5) is 0. The predicted molar refractivity (Wildman–Crippen MR) is 103 cm³/mol. The summed E-state index contributed by atoms with van der Waals surface area (Å²) in [6, 6.07) is 0. The number of methoxy groups -OCH3 is 3. The van der Waals surface area contributed by atoms with Crippen LogP contribution < -0.4 is 0 Å². The average molecular weight is 393 g/mol. The largest absolute Gasteiger partial charge is 0.504 e.